The second kappa shape index (κ2) is 8.67. The van der Waals surface area contributed by atoms with Crippen molar-refractivity contribution >= 4 is 17.5 Å². The fraction of sp³-hybridized carbons (Fsp3) is 0.619. The summed E-state index contributed by atoms with van der Waals surface area (Å²) in [5.41, 5.74) is 2.07. The van der Waals surface area contributed by atoms with Crippen LogP contribution in [0.3, 0.4) is 0 Å². The van der Waals surface area contributed by atoms with Gasteiger partial charge in [0.05, 0.1) is 0 Å². The standard InChI is InChI=1S/C21H30N2O3/c1-15(2)18-5-3-4-6-19(18)22-20(24)16-7-11-23(12-8-16)21(25)17-9-13-26-14-10-17/h3-6,15-17H,7-14H2,1-2H3,(H,22,24). The Morgan fingerprint density at radius 1 is 1.04 bits per heavy atom. The van der Waals surface area contributed by atoms with Gasteiger partial charge in [0.1, 0.15) is 0 Å². The molecule has 0 unspecified atom stereocenters. The minimum atomic E-state index is -0.0195. The van der Waals surface area contributed by atoms with E-state index in [4.69, 9.17) is 4.74 Å². The zero-order valence-electron chi connectivity index (χ0n) is 15.9. The van der Waals surface area contributed by atoms with E-state index >= 15 is 0 Å². The van der Waals surface area contributed by atoms with E-state index in [1.807, 2.05) is 23.1 Å². The van der Waals surface area contributed by atoms with E-state index in [0.29, 0.717) is 32.2 Å². The number of amides is 2. The van der Waals surface area contributed by atoms with Crippen LogP contribution < -0.4 is 5.32 Å². The molecule has 0 atom stereocenters. The molecule has 5 heteroatoms. The quantitative estimate of drug-likeness (QED) is 0.897. The summed E-state index contributed by atoms with van der Waals surface area (Å²) in [6, 6.07) is 7.99. The molecule has 0 aliphatic carbocycles. The summed E-state index contributed by atoms with van der Waals surface area (Å²) < 4.78 is 5.35. The van der Waals surface area contributed by atoms with Gasteiger partial charge in [-0.05, 0) is 43.2 Å². The number of hydrogen-bond acceptors (Lipinski definition) is 3. The van der Waals surface area contributed by atoms with Gasteiger partial charge in [-0.2, -0.15) is 0 Å². The first kappa shape index (κ1) is 18.9. The molecule has 26 heavy (non-hydrogen) atoms. The highest BCUT2D eigenvalue weighted by Gasteiger charge is 2.31. The maximum Gasteiger partial charge on any atom is 0.227 e. The third-order valence-corrected chi connectivity index (χ3v) is 5.59. The highest BCUT2D eigenvalue weighted by atomic mass is 16.5. The molecular formula is C21H30N2O3. The third-order valence-electron chi connectivity index (χ3n) is 5.59. The zero-order valence-corrected chi connectivity index (χ0v) is 15.9. The van der Waals surface area contributed by atoms with E-state index in [-0.39, 0.29) is 23.7 Å². The van der Waals surface area contributed by atoms with Crippen molar-refractivity contribution in [3.8, 4) is 0 Å². The van der Waals surface area contributed by atoms with Gasteiger partial charge in [0.25, 0.3) is 0 Å². The molecule has 2 heterocycles. The Bertz CT molecular complexity index is 630. The maximum atomic E-state index is 12.7. The number of carbonyl (C=O) groups excluding carboxylic acids is 2. The van der Waals surface area contributed by atoms with Crippen molar-refractivity contribution in [1.29, 1.82) is 0 Å². The van der Waals surface area contributed by atoms with Gasteiger partial charge >= 0.3 is 0 Å². The van der Waals surface area contributed by atoms with E-state index in [9.17, 15) is 9.59 Å². The molecule has 2 aliphatic rings. The Morgan fingerprint density at radius 3 is 2.35 bits per heavy atom. The number of carbonyl (C=O) groups is 2. The summed E-state index contributed by atoms with van der Waals surface area (Å²) in [6.07, 6.45) is 3.13. The molecule has 0 saturated carbocycles. The summed E-state index contributed by atoms with van der Waals surface area (Å²) in [6.45, 7) is 6.99. The summed E-state index contributed by atoms with van der Waals surface area (Å²) in [5, 5.41) is 3.11. The molecule has 0 bridgehead atoms. The fourth-order valence-electron chi connectivity index (χ4n) is 3.91. The van der Waals surface area contributed by atoms with Crippen molar-refractivity contribution < 1.29 is 14.3 Å². The Morgan fingerprint density at radius 2 is 1.69 bits per heavy atom. The molecule has 0 spiro atoms. The molecule has 0 aromatic heterocycles. The van der Waals surface area contributed by atoms with Crippen LogP contribution in [-0.4, -0.2) is 43.0 Å². The lowest BCUT2D eigenvalue weighted by Crippen LogP contribution is -2.45. The molecule has 3 rings (SSSR count). The molecule has 1 aromatic rings. The normalized spacial score (nSPS) is 19.6. The molecule has 2 aliphatic heterocycles. The number of nitrogens with zero attached hydrogens (tertiary/aromatic N) is 1. The van der Waals surface area contributed by atoms with Gasteiger partial charge in [-0.3, -0.25) is 9.59 Å². The molecule has 2 fully saturated rings. The van der Waals surface area contributed by atoms with Crippen molar-refractivity contribution in [2.24, 2.45) is 11.8 Å². The predicted octanol–water partition coefficient (Wildman–Crippen LogP) is 3.41. The average molecular weight is 358 g/mol. The molecule has 0 radical (unpaired) electrons. The summed E-state index contributed by atoms with van der Waals surface area (Å²) in [4.78, 5) is 27.2. The first-order chi connectivity index (χ1) is 12.6. The highest BCUT2D eigenvalue weighted by Crippen LogP contribution is 2.27. The number of rotatable bonds is 4. The minimum Gasteiger partial charge on any atom is -0.381 e. The number of likely N-dealkylation sites (tertiary alicyclic amines) is 1. The molecule has 5 nitrogen and oxygen atoms in total. The van der Waals surface area contributed by atoms with E-state index in [1.54, 1.807) is 0 Å². The lowest BCUT2D eigenvalue weighted by molar-refractivity contribution is -0.141. The molecule has 1 aromatic carbocycles. The van der Waals surface area contributed by atoms with Crippen LogP contribution in [0.15, 0.2) is 24.3 Å². The van der Waals surface area contributed by atoms with Crippen LogP contribution >= 0.6 is 0 Å². The number of ether oxygens (including phenoxy) is 1. The van der Waals surface area contributed by atoms with Crippen molar-refractivity contribution in [3.05, 3.63) is 29.8 Å². The molecule has 142 valence electrons. The number of para-hydroxylation sites is 1. The lowest BCUT2D eigenvalue weighted by Gasteiger charge is -2.34. The number of piperidine rings is 1. The summed E-state index contributed by atoms with van der Waals surface area (Å²) >= 11 is 0. The van der Waals surface area contributed by atoms with Crippen LogP contribution in [0.5, 0.6) is 0 Å². The van der Waals surface area contributed by atoms with Crippen LogP contribution in [-0.2, 0) is 14.3 Å². The largest absolute Gasteiger partial charge is 0.381 e. The van der Waals surface area contributed by atoms with Crippen LogP contribution in [0.25, 0.3) is 0 Å². The summed E-state index contributed by atoms with van der Waals surface area (Å²) in [7, 11) is 0. The topological polar surface area (TPSA) is 58.6 Å². The third kappa shape index (κ3) is 4.44. The van der Waals surface area contributed by atoms with Crippen LogP contribution in [0.4, 0.5) is 5.69 Å². The molecule has 1 N–H and O–H groups in total. The van der Waals surface area contributed by atoms with E-state index in [1.165, 1.54) is 0 Å². The monoisotopic (exact) mass is 358 g/mol. The van der Waals surface area contributed by atoms with Gasteiger partial charge < -0.3 is 15.0 Å². The highest BCUT2D eigenvalue weighted by molar-refractivity contribution is 5.93. The van der Waals surface area contributed by atoms with E-state index in [0.717, 1.165) is 36.9 Å². The Hall–Kier alpha value is -1.88. The minimum absolute atomic E-state index is 0.0195. The molecular weight excluding hydrogens is 328 g/mol. The van der Waals surface area contributed by atoms with Gasteiger partial charge in [0, 0.05) is 43.8 Å². The Kier molecular flexibility index (Phi) is 6.30. The van der Waals surface area contributed by atoms with Crippen molar-refractivity contribution in [2.75, 3.05) is 31.6 Å². The Labute approximate surface area is 156 Å². The predicted molar refractivity (Wildman–Crippen MR) is 102 cm³/mol. The first-order valence-electron chi connectivity index (χ1n) is 9.82. The fourth-order valence-corrected chi connectivity index (χ4v) is 3.91. The van der Waals surface area contributed by atoms with Crippen molar-refractivity contribution in [1.82, 2.24) is 4.90 Å². The number of benzene rings is 1. The molecule has 2 saturated heterocycles. The summed E-state index contributed by atoms with van der Waals surface area (Å²) in [5.74, 6) is 0.778. The number of hydrogen-bond donors (Lipinski definition) is 1. The first-order valence-corrected chi connectivity index (χ1v) is 9.82. The van der Waals surface area contributed by atoms with Crippen LogP contribution in [0.2, 0.25) is 0 Å². The SMILES string of the molecule is CC(C)c1ccccc1NC(=O)C1CCN(C(=O)C2CCOCC2)CC1. The maximum absolute atomic E-state index is 12.7. The van der Waals surface area contributed by atoms with Crippen molar-refractivity contribution in [3.63, 3.8) is 0 Å². The average Bonchev–Trinajstić information content (AvgIpc) is 2.68. The zero-order chi connectivity index (χ0) is 18.5. The number of nitrogens with one attached hydrogen (secondary N) is 1. The van der Waals surface area contributed by atoms with Gasteiger partial charge in [0.2, 0.25) is 11.8 Å². The van der Waals surface area contributed by atoms with Gasteiger partial charge in [0.15, 0.2) is 0 Å². The van der Waals surface area contributed by atoms with E-state index < -0.39 is 0 Å². The van der Waals surface area contributed by atoms with Crippen LogP contribution in [0, 0.1) is 11.8 Å². The van der Waals surface area contributed by atoms with Gasteiger partial charge in [-0.15, -0.1) is 0 Å². The van der Waals surface area contributed by atoms with Gasteiger partial charge in [-0.25, -0.2) is 0 Å². The number of anilines is 1. The lowest BCUT2D eigenvalue weighted by atomic mass is 9.92. The molecule has 2 amide bonds. The second-order valence-corrected chi connectivity index (χ2v) is 7.72. The second-order valence-electron chi connectivity index (χ2n) is 7.72. The van der Waals surface area contributed by atoms with Crippen molar-refractivity contribution in [2.45, 2.75) is 45.4 Å². The smallest absolute Gasteiger partial charge is 0.227 e. The van der Waals surface area contributed by atoms with Crippen LogP contribution in [0.1, 0.15) is 51.0 Å². The Balaban J connectivity index is 1.53. The van der Waals surface area contributed by atoms with Gasteiger partial charge in [-0.1, -0.05) is 32.0 Å². The van der Waals surface area contributed by atoms with E-state index in [2.05, 4.69) is 25.2 Å².